The van der Waals surface area contributed by atoms with Gasteiger partial charge in [-0.25, -0.2) is 0 Å². The summed E-state index contributed by atoms with van der Waals surface area (Å²) in [4.78, 5) is 25.4. The fourth-order valence-electron chi connectivity index (χ4n) is 1.71. The zero-order valence-electron chi connectivity index (χ0n) is 9.42. The van der Waals surface area contributed by atoms with Gasteiger partial charge in [-0.3, -0.25) is 4.79 Å². The zero-order chi connectivity index (χ0) is 12.4. The van der Waals surface area contributed by atoms with Gasteiger partial charge >= 0.3 is 0 Å². The van der Waals surface area contributed by atoms with E-state index in [-0.39, 0.29) is 11.3 Å². The van der Waals surface area contributed by atoms with Crippen LogP contribution in [0.1, 0.15) is 18.9 Å². The molecule has 0 saturated heterocycles. The second kappa shape index (κ2) is 4.72. The third-order valence-corrected chi connectivity index (χ3v) is 2.87. The highest BCUT2D eigenvalue weighted by Gasteiger charge is 2.04. The number of fused-ring (bicyclic) bond motifs is 1. The van der Waals surface area contributed by atoms with Crippen molar-refractivity contribution in [1.82, 2.24) is 4.98 Å². The van der Waals surface area contributed by atoms with Gasteiger partial charge in [0.1, 0.15) is 5.78 Å². The van der Waals surface area contributed by atoms with Gasteiger partial charge in [-0.15, -0.1) is 0 Å². The Morgan fingerprint density at radius 2 is 2.12 bits per heavy atom. The second-order valence-electron chi connectivity index (χ2n) is 4.06. The lowest BCUT2D eigenvalue weighted by atomic mass is 10.1. The number of nitrogens with one attached hydrogen (secondary N) is 1. The van der Waals surface area contributed by atoms with E-state index in [1.165, 1.54) is 6.92 Å². The van der Waals surface area contributed by atoms with Crippen molar-refractivity contribution in [3.05, 3.63) is 45.2 Å². The lowest BCUT2D eigenvalue weighted by Gasteiger charge is -2.02. The molecule has 1 heterocycles. The molecule has 0 radical (unpaired) electrons. The number of aromatic nitrogens is 1. The first-order chi connectivity index (χ1) is 8.06. The number of Topliss-reactive ketones (excluding diaryl/α,β-unsaturated/α-hetero) is 1. The third-order valence-electron chi connectivity index (χ3n) is 2.63. The van der Waals surface area contributed by atoms with Crippen molar-refractivity contribution >= 4 is 28.3 Å². The van der Waals surface area contributed by atoms with E-state index in [9.17, 15) is 9.59 Å². The van der Waals surface area contributed by atoms with Crippen molar-refractivity contribution in [2.75, 3.05) is 0 Å². The number of aryl methyl sites for hydroxylation is 1. The van der Waals surface area contributed by atoms with E-state index in [1.807, 2.05) is 12.1 Å². The van der Waals surface area contributed by atoms with Gasteiger partial charge in [0.15, 0.2) is 0 Å². The summed E-state index contributed by atoms with van der Waals surface area (Å²) in [6, 6.07) is 7.16. The van der Waals surface area contributed by atoms with Crippen LogP contribution in [0.3, 0.4) is 0 Å². The number of hydrogen-bond donors (Lipinski definition) is 1. The molecule has 0 atom stereocenters. The summed E-state index contributed by atoms with van der Waals surface area (Å²) in [6.45, 7) is 1.52. The predicted molar refractivity (Wildman–Crippen MR) is 68.6 cm³/mol. The van der Waals surface area contributed by atoms with Gasteiger partial charge in [-0.1, -0.05) is 17.7 Å². The molecule has 1 aromatic carbocycles. The van der Waals surface area contributed by atoms with Crippen LogP contribution in [0.2, 0.25) is 5.02 Å². The highest BCUT2D eigenvalue weighted by Crippen LogP contribution is 2.17. The molecular weight excluding hydrogens is 238 g/mol. The van der Waals surface area contributed by atoms with Gasteiger partial charge in [0.25, 0.3) is 5.56 Å². The lowest BCUT2D eigenvalue weighted by Crippen LogP contribution is -2.13. The quantitative estimate of drug-likeness (QED) is 0.909. The number of carbonyl (C=O) groups is 1. The molecule has 0 spiro atoms. The molecule has 0 bridgehead atoms. The second-order valence-corrected chi connectivity index (χ2v) is 4.49. The van der Waals surface area contributed by atoms with Crippen molar-refractivity contribution in [3.8, 4) is 0 Å². The standard InChI is InChI=1S/C13H12ClNO2/c1-8(16)2-3-10-6-9-4-5-11(14)7-12(9)15-13(10)17/h4-7H,2-3H2,1H3,(H,15,17). The zero-order valence-corrected chi connectivity index (χ0v) is 10.2. The third kappa shape index (κ3) is 2.74. The van der Waals surface area contributed by atoms with E-state index in [4.69, 9.17) is 11.6 Å². The Morgan fingerprint density at radius 3 is 2.82 bits per heavy atom. The van der Waals surface area contributed by atoms with Crippen LogP contribution in [0.5, 0.6) is 0 Å². The Morgan fingerprint density at radius 1 is 1.35 bits per heavy atom. The Bertz CT molecular complexity index is 631. The van der Waals surface area contributed by atoms with Gasteiger partial charge in [0.2, 0.25) is 0 Å². The van der Waals surface area contributed by atoms with E-state index in [0.717, 1.165) is 5.39 Å². The maximum absolute atomic E-state index is 11.7. The predicted octanol–water partition coefficient (Wildman–Crippen LogP) is 2.70. The summed E-state index contributed by atoms with van der Waals surface area (Å²) >= 11 is 5.85. The molecular formula is C13H12ClNO2. The molecule has 88 valence electrons. The number of pyridine rings is 1. The number of aromatic amines is 1. The molecule has 0 aliphatic carbocycles. The van der Waals surface area contributed by atoms with E-state index >= 15 is 0 Å². The first-order valence-corrected chi connectivity index (χ1v) is 5.75. The number of carbonyl (C=O) groups excluding carboxylic acids is 1. The molecule has 0 unspecified atom stereocenters. The van der Waals surface area contributed by atoms with Crippen molar-refractivity contribution in [2.45, 2.75) is 19.8 Å². The van der Waals surface area contributed by atoms with E-state index < -0.39 is 0 Å². The number of hydrogen-bond acceptors (Lipinski definition) is 2. The van der Waals surface area contributed by atoms with E-state index in [1.54, 1.807) is 12.1 Å². The van der Waals surface area contributed by atoms with Crippen LogP contribution in [0.15, 0.2) is 29.1 Å². The maximum Gasteiger partial charge on any atom is 0.251 e. The van der Waals surface area contributed by atoms with Gasteiger partial charge < -0.3 is 9.78 Å². The number of H-pyrrole nitrogens is 1. The highest BCUT2D eigenvalue weighted by atomic mass is 35.5. The number of halogens is 1. The monoisotopic (exact) mass is 249 g/mol. The molecule has 1 aromatic heterocycles. The largest absolute Gasteiger partial charge is 0.322 e. The average molecular weight is 250 g/mol. The maximum atomic E-state index is 11.7. The lowest BCUT2D eigenvalue weighted by molar-refractivity contribution is -0.116. The van der Waals surface area contributed by atoms with Crippen LogP contribution in [0, 0.1) is 0 Å². The molecule has 0 amide bonds. The summed E-state index contributed by atoms with van der Waals surface area (Å²) in [5.74, 6) is 0.0839. The highest BCUT2D eigenvalue weighted by molar-refractivity contribution is 6.31. The van der Waals surface area contributed by atoms with Crippen molar-refractivity contribution in [2.24, 2.45) is 0 Å². The van der Waals surface area contributed by atoms with E-state index in [0.29, 0.717) is 28.9 Å². The summed E-state index contributed by atoms with van der Waals surface area (Å²) in [5, 5.41) is 1.51. The molecule has 17 heavy (non-hydrogen) atoms. The molecule has 0 aliphatic heterocycles. The SMILES string of the molecule is CC(=O)CCc1cc2ccc(Cl)cc2[nH]c1=O. The summed E-state index contributed by atoms with van der Waals surface area (Å²) in [7, 11) is 0. The minimum absolute atomic E-state index is 0.0839. The molecule has 2 rings (SSSR count). The van der Waals surface area contributed by atoms with Crippen LogP contribution in [-0.2, 0) is 11.2 Å². The van der Waals surface area contributed by atoms with Crippen LogP contribution in [0.4, 0.5) is 0 Å². The van der Waals surface area contributed by atoms with Gasteiger partial charge in [0.05, 0.1) is 0 Å². The first kappa shape index (κ1) is 11.9. The molecule has 1 N–H and O–H groups in total. The molecule has 0 aliphatic rings. The Hall–Kier alpha value is -1.61. The molecule has 2 aromatic rings. The Kier molecular flexibility index (Phi) is 3.29. The molecule has 0 saturated carbocycles. The number of rotatable bonds is 3. The minimum atomic E-state index is -0.152. The van der Waals surface area contributed by atoms with Crippen LogP contribution < -0.4 is 5.56 Å². The number of benzene rings is 1. The first-order valence-electron chi connectivity index (χ1n) is 5.37. The van der Waals surface area contributed by atoms with Crippen molar-refractivity contribution in [3.63, 3.8) is 0 Å². The average Bonchev–Trinajstić information content (AvgIpc) is 2.26. The van der Waals surface area contributed by atoms with Gasteiger partial charge in [-0.05, 0) is 36.9 Å². The number of ketones is 1. The fourth-order valence-corrected chi connectivity index (χ4v) is 1.89. The van der Waals surface area contributed by atoms with Gasteiger partial charge in [0, 0.05) is 22.5 Å². The Balaban J connectivity index is 2.45. The Labute approximate surface area is 103 Å². The van der Waals surface area contributed by atoms with Crippen molar-refractivity contribution in [1.29, 1.82) is 0 Å². The van der Waals surface area contributed by atoms with Crippen LogP contribution >= 0.6 is 11.6 Å². The van der Waals surface area contributed by atoms with Crippen LogP contribution in [0.25, 0.3) is 10.9 Å². The van der Waals surface area contributed by atoms with E-state index in [2.05, 4.69) is 4.98 Å². The minimum Gasteiger partial charge on any atom is -0.322 e. The molecule has 4 heteroatoms. The normalized spacial score (nSPS) is 10.7. The molecule has 3 nitrogen and oxygen atoms in total. The fraction of sp³-hybridized carbons (Fsp3) is 0.231. The van der Waals surface area contributed by atoms with Gasteiger partial charge in [-0.2, -0.15) is 0 Å². The van der Waals surface area contributed by atoms with Crippen LogP contribution in [-0.4, -0.2) is 10.8 Å². The summed E-state index contributed by atoms with van der Waals surface area (Å²) in [5.41, 5.74) is 1.20. The molecule has 0 fully saturated rings. The van der Waals surface area contributed by atoms with Crippen molar-refractivity contribution < 1.29 is 4.79 Å². The smallest absolute Gasteiger partial charge is 0.251 e. The summed E-state index contributed by atoms with van der Waals surface area (Å²) < 4.78 is 0. The topological polar surface area (TPSA) is 49.9 Å². The summed E-state index contributed by atoms with van der Waals surface area (Å²) in [6.07, 6.45) is 0.866.